The van der Waals surface area contributed by atoms with Crippen LogP contribution in [0.4, 0.5) is 11.4 Å². The Bertz CT molecular complexity index is 489. The van der Waals surface area contributed by atoms with Gasteiger partial charge in [0.2, 0.25) is 5.91 Å². The molecule has 1 amide bonds. The zero-order valence-corrected chi connectivity index (χ0v) is 12.9. The van der Waals surface area contributed by atoms with E-state index in [9.17, 15) is 4.79 Å². The number of anilines is 2. The molecule has 1 heterocycles. The molecule has 0 atom stereocenters. The first kappa shape index (κ1) is 14.4. The van der Waals surface area contributed by atoms with Crippen LogP contribution >= 0.6 is 0 Å². The number of para-hydroxylation sites is 2. The van der Waals surface area contributed by atoms with E-state index < -0.39 is 0 Å². The third kappa shape index (κ3) is 3.38. The monoisotopic (exact) mass is 288 g/mol. The summed E-state index contributed by atoms with van der Waals surface area (Å²) in [4.78, 5) is 16.4. The minimum Gasteiger partial charge on any atom is -0.359 e. The third-order valence-electron chi connectivity index (χ3n) is 4.85. The minimum absolute atomic E-state index is 0.208. The standard InChI is InChI=1S/C17H25N3O/c1-19-10-12-20(13-11-19)16-9-5-4-8-15(16)18-17(21)14-6-2-3-7-14/h4-5,8-9,14H,2-3,6-7,10-13H2,1H3,(H,18,21)/p+1. The number of amides is 1. The number of rotatable bonds is 3. The molecule has 2 N–H and O–H groups in total. The Hall–Kier alpha value is -1.55. The Morgan fingerprint density at radius 3 is 2.57 bits per heavy atom. The smallest absolute Gasteiger partial charge is 0.227 e. The van der Waals surface area contributed by atoms with Crippen molar-refractivity contribution in [3.63, 3.8) is 0 Å². The van der Waals surface area contributed by atoms with E-state index in [1.807, 2.05) is 12.1 Å². The quantitative estimate of drug-likeness (QED) is 0.875. The third-order valence-corrected chi connectivity index (χ3v) is 4.85. The molecular weight excluding hydrogens is 262 g/mol. The van der Waals surface area contributed by atoms with E-state index in [2.05, 4.69) is 29.4 Å². The number of nitrogens with zero attached hydrogens (tertiary/aromatic N) is 1. The molecule has 1 aromatic carbocycles. The molecule has 1 saturated carbocycles. The highest BCUT2D eigenvalue weighted by atomic mass is 16.1. The van der Waals surface area contributed by atoms with Crippen molar-refractivity contribution < 1.29 is 9.69 Å². The summed E-state index contributed by atoms with van der Waals surface area (Å²) < 4.78 is 0. The van der Waals surface area contributed by atoms with E-state index in [-0.39, 0.29) is 11.8 Å². The number of carbonyl (C=O) groups is 1. The first-order valence-electron chi connectivity index (χ1n) is 8.20. The number of nitrogens with one attached hydrogen (secondary N) is 2. The highest BCUT2D eigenvalue weighted by Crippen LogP contribution is 2.29. The Morgan fingerprint density at radius 1 is 1.19 bits per heavy atom. The van der Waals surface area contributed by atoms with Crippen LogP contribution in [0.2, 0.25) is 0 Å². The summed E-state index contributed by atoms with van der Waals surface area (Å²) in [7, 11) is 2.24. The molecule has 1 aromatic rings. The van der Waals surface area contributed by atoms with Crippen LogP contribution in [-0.2, 0) is 4.79 Å². The average molecular weight is 288 g/mol. The summed E-state index contributed by atoms with van der Waals surface area (Å²) in [6.07, 6.45) is 4.49. The molecule has 1 aliphatic carbocycles. The lowest BCUT2D eigenvalue weighted by atomic mass is 10.1. The molecule has 114 valence electrons. The average Bonchev–Trinajstić information content (AvgIpc) is 3.03. The first-order valence-corrected chi connectivity index (χ1v) is 8.20. The topological polar surface area (TPSA) is 36.8 Å². The summed E-state index contributed by atoms with van der Waals surface area (Å²) in [6, 6.07) is 8.24. The number of quaternary nitrogens is 1. The van der Waals surface area contributed by atoms with Crippen LogP contribution in [-0.4, -0.2) is 39.1 Å². The Morgan fingerprint density at radius 2 is 1.86 bits per heavy atom. The van der Waals surface area contributed by atoms with Gasteiger partial charge in [0, 0.05) is 5.92 Å². The van der Waals surface area contributed by atoms with Gasteiger partial charge in [0.05, 0.1) is 44.6 Å². The normalized spacial score (nSPS) is 20.7. The van der Waals surface area contributed by atoms with E-state index in [1.54, 1.807) is 4.90 Å². The number of hydrogen-bond acceptors (Lipinski definition) is 2. The van der Waals surface area contributed by atoms with E-state index in [4.69, 9.17) is 0 Å². The molecule has 2 fully saturated rings. The Balaban J connectivity index is 1.71. The number of benzene rings is 1. The van der Waals surface area contributed by atoms with Gasteiger partial charge in [-0.15, -0.1) is 0 Å². The highest BCUT2D eigenvalue weighted by molar-refractivity contribution is 5.96. The molecule has 2 aliphatic rings. The second-order valence-corrected chi connectivity index (χ2v) is 6.43. The molecular formula is C17H26N3O+. The maximum absolute atomic E-state index is 12.4. The van der Waals surface area contributed by atoms with Gasteiger partial charge in [-0.25, -0.2) is 0 Å². The Kier molecular flexibility index (Phi) is 4.44. The van der Waals surface area contributed by atoms with Crippen molar-refractivity contribution in [3.05, 3.63) is 24.3 Å². The molecule has 4 heteroatoms. The van der Waals surface area contributed by atoms with Crippen LogP contribution in [0, 0.1) is 5.92 Å². The number of carbonyl (C=O) groups excluding carboxylic acids is 1. The van der Waals surface area contributed by atoms with Crippen molar-refractivity contribution in [2.45, 2.75) is 25.7 Å². The predicted octanol–water partition coefficient (Wildman–Crippen LogP) is 1.15. The van der Waals surface area contributed by atoms with Crippen molar-refractivity contribution in [2.24, 2.45) is 5.92 Å². The predicted molar refractivity (Wildman–Crippen MR) is 85.9 cm³/mol. The van der Waals surface area contributed by atoms with Gasteiger partial charge < -0.3 is 15.1 Å². The van der Waals surface area contributed by atoms with Gasteiger partial charge in [-0.3, -0.25) is 4.79 Å². The summed E-state index contributed by atoms with van der Waals surface area (Å²) in [5, 5.41) is 3.17. The largest absolute Gasteiger partial charge is 0.359 e. The van der Waals surface area contributed by atoms with Gasteiger partial charge >= 0.3 is 0 Å². The molecule has 21 heavy (non-hydrogen) atoms. The SMILES string of the molecule is C[NH+]1CCN(c2ccccc2NC(=O)C2CCCC2)CC1. The molecule has 1 saturated heterocycles. The fourth-order valence-electron chi connectivity index (χ4n) is 3.41. The van der Waals surface area contributed by atoms with Crippen LogP contribution in [0.15, 0.2) is 24.3 Å². The number of hydrogen-bond donors (Lipinski definition) is 2. The molecule has 4 nitrogen and oxygen atoms in total. The lowest BCUT2D eigenvalue weighted by Gasteiger charge is -2.33. The summed E-state index contributed by atoms with van der Waals surface area (Å²) >= 11 is 0. The maximum Gasteiger partial charge on any atom is 0.227 e. The number of likely N-dealkylation sites (N-methyl/N-ethyl adjacent to an activating group) is 1. The van der Waals surface area contributed by atoms with Gasteiger partial charge in [0.15, 0.2) is 0 Å². The second kappa shape index (κ2) is 6.48. The summed E-state index contributed by atoms with van der Waals surface area (Å²) in [6.45, 7) is 4.43. The molecule has 1 aliphatic heterocycles. The van der Waals surface area contributed by atoms with Crippen molar-refractivity contribution in [1.29, 1.82) is 0 Å². The van der Waals surface area contributed by atoms with Crippen molar-refractivity contribution in [1.82, 2.24) is 0 Å². The molecule has 0 bridgehead atoms. The van der Waals surface area contributed by atoms with E-state index >= 15 is 0 Å². The second-order valence-electron chi connectivity index (χ2n) is 6.43. The maximum atomic E-state index is 12.4. The van der Waals surface area contributed by atoms with Crippen LogP contribution in [0.25, 0.3) is 0 Å². The molecule has 0 spiro atoms. The van der Waals surface area contributed by atoms with Crippen molar-refractivity contribution >= 4 is 17.3 Å². The zero-order valence-electron chi connectivity index (χ0n) is 12.9. The zero-order chi connectivity index (χ0) is 14.7. The van der Waals surface area contributed by atoms with E-state index in [1.165, 1.54) is 18.5 Å². The van der Waals surface area contributed by atoms with Crippen molar-refractivity contribution in [2.75, 3.05) is 43.4 Å². The minimum atomic E-state index is 0.208. The van der Waals surface area contributed by atoms with Gasteiger partial charge in [0.1, 0.15) is 0 Å². The summed E-state index contributed by atoms with van der Waals surface area (Å²) in [5.74, 6) is 0.426. The van der Waals surface area contributed by atoms with E-state index in [0.29, 0.717) is 0 Å². The van der Waals surface area contributed by atoms with Crippen LogP contribution in [0.3, 0.4) is 0 Å². The van der Waals surface area contributed by atoms with Crippen LogP contribution in [0.5, 0.6) is 0 Å². The van der Waals surface area contributed by atoms with E-state index in [0.717, 1.165) is 44.7 Å². The molecule has 3 rings (SSSR count). The van der Waals surface area contributed by atoms with Gasteiger partial charge in [-0.1, -0.05) is 25.0 Å². The lowest BCUT2D eigenvalue weighted by molar-refractivity contribution is -0.880. The van der Waals surface area contributed by atoms with Gasteiger partial charge in [0.25, 0.3) is 0 Å². The molecule has 0 unspecified atom stereocenters. The van der Waals surface area contributed by atoms with Crippen molar-refractivity contribution in [3.8, 4) is 0 Å². The highest BCUT2D eigenvalue weighted by Gasteiger charge is 2.24. The molecule has 0 radical (unpaired) electrons. The fourth-order valence-corrected chi connectivity index (χ4v) is 3.41. The fraction of sp³-hybridized carbons (Fsp3) is 0.588. The van der Waals surface area contributed by atoms with Crippen LogP contribution < -0.4 is 15.1 Å². The van der Waals surface area contributed by atoms with Gasteiger partial charge in [-0.2, -0.15) is 0 Å². The number of piperazine rings is 1. The lowest BCUT2D eigenvalue weighted by Crippen LogP contribution is -3.12. The molecule has 0 aromatic heterocycles. The van der Waals surface area contributed by atoms with Crippen LogP contribution in [0.1, 0.15) is 25.7 Å². The van der Waals surface area contributed by atoms with Gasteiger partial charge in [-0.05, 0) is 25.0 Å². The summed E-state index contributed by atoms with van der Waals surface area (Å²) in [5.41, 5.74) is 2.16. The first-order chi connectivity index (χ1) is 10.2. The Labute approximate surface area is 127 Å².